The molecule has 0 spiro atoms. The number of nitrogens with one attached hydrogen (secondary N) is 1. The fourth-order valence-electron chi connectivity index (χ4n) is 1.99. The second kappa shape index (κ2) is 8.02. The number of thioether (sulfide) groups is 1. The van der Waals surface area contributed by atoms with Crippen molar-refractivity contribution in [1.82, 2.24) is 5.32 Å². The van der Waals surface area contributed by atoms with E-state index in [9.17, 15) is 4.79 Å². The molecule has 0 aromatic carbocycles. The van der Waals surface area contributed by atoms with Gasteiger partial charge in [0.2, 0.25) is 0 Å². The fourth-order valence-corrected chi connectivity index (χ4v) is 3.30. The highest BCUT2D eigenvalue weighted by atomic mass is 32.2. The Bertz CT molecular complexity index is 257. The SMILES string of the molecule is CCNC(C)(CSC1CCOCC1)C(=O)OCC. The summed E-state index contributed by atoms with van der Waals surface area (Å²) in [5.41, 5.74) is -0.576. The van der Waals surface area contributed by atoms with Crippen LogP contribution in [0.4, 0.5) is 0 Å². The van der Waals surface area contributed by atoms with Crippen LogP contribution in [0.15, 0.2) is 0 Å². The Labute approximate surface area is 114 Å². The number of ether oxygens (including phenoxy) is 2. The van der Waals surface area contributed by atoms with E-state index in [0.717, 1.165) is 38.4 Å². The molecule has 0 radical (unpaired) electrons. The molecule has 0 saturated carbocycles. The van der Waals surface area contributed by atoms with Gasteiger partial charge in [-0.3, -0.25) is 4.79 Å². The van der Waals surface area contributed by atoms with Gasteiger partial charge in [-0.1, -0.05) is 6.92 Å². The molecule has 4 nitrogen and oxygen atoms in total. The summed E-state index contributed by atoms with van der Waals surface area (Å²) < 4.78 is 10.5. The molecule has 0 bridgehead atoms. The van der Waals surface area contributed by atoms with Crippen molar-refractivity contribution in [2.24, 2.45) is 0 Å². The molecule has 1 aliphatic heterocycles. The molecule has 1 unspecified atom stereocenters. The van der Waals surface area contributed by atoms with Gasteiger partial charge in [-0.25, -0.2) is 0 Å². The van der Waals surface area contributed by atoms with E-state index in [1.54, 1.807) is 0 Å². The van der Waals surface area contributed by atoms with Gasteiger partial charge in [-0.05, 0) is 33.2 Å². The molecule has 1 N–H and O–H groups in total. The predicted molar refractivity (Wildman–Crippen MR) is 75.0 cm³/mol. The van der Waals surface area contributed by atoms with Crippen molar-refractivity contribution in [3.8, 4) is 0 Å². The van der Waals surface area contributed by atoms with Crippen LogP contribution in [0.1, 0.15) is 33.6 Å². The predicted octanol–water partition coefficient (Wildman–Crippen LogP) is 1.83. The number of carbonyl (C=O) groups is 1. The van der Waals surface area contributed by atoms with E-state index < -0.39 is 5.54 Å². The molecule has 5 heteroatoms. The van der Waals surface area contributed by atoms with Crippen molar-refractivity contribution in [3.63, 3.8) is 0 Å². The van der Waals surface area contributed by atoms with Gasteiger partial charge < -0.3 is 14.8 Å². The van der Waals surface area contributed by atoms with Gasteiger partial charge in [-0.15, -0.1) is 0 Å². The number of likely N-dealkylation sites (N-methyl/N-ethyl adjacent to an activating group) is 1. The van der Waals surface area contributed by atoms with Crippen molar-refractivity contribution in [2.75, 3.05) is 32.1 Å². The first kappa shape index (κ1) is 15.8. The van der Waals surface area contributed by atoms with Gasteiger partial charge in [0.1, 0.15) is 5.54 Å². The van der Waals surface area contributed by atoms with E-state index in [1.165, 1.54) is 0 Å². The van der Waals surface area contributed by atoms with E-state index in [2.05, 4.69) is 5.32 Å². The molecule has 1 saturated heterocycles. The van der Waals surface area contributed by atoms with Crippen LogP contribution >= 0.6 is 11.8 Å². The number of hydrogen-bond acceptors (Lipinski definition) is 5. The van der Waals surface area contributed by atoms with E-state index in [1.807, 2.05) is 32.5 Å². The number of hydrogen-bond donors (Lipinski definition) is 1. The standard InChI is InChI=1S/C13H25NO3S/c1-4-14-13(3,12(15)17-5-2)10-18-11-6-8-16-9-7-11/h11,14H,4-10H2,1-3H3. The van der Waals surface area contributed by atoms with E-state index in [0.29, 0.717) is 11.9 Å². The molecule has 106 valence electrons. The third-order valence-corrected chi connectivity index (χ3v) is 4.76. The molecule has 1 rings (SSSR count). The van der Waals surface area contributed by atoms with Crippen LogP contribution in [0.2, 0.25) is 0 Å². The summed E-state index contributed by atoms with van der Waals surface area (Å²) in [6.45, 7) is 8.67. The minimum Gasteiger partial charge on any atom is -0.465 e. The first-order chi connectivity index (χ1) is 8.62. The average Bonchev–Trinajstić information content (AvgIpc) is 2.38. The molecular weight excluding hydrogens is 250 g/mol. The maximum atomic E-state index is 12.0. The Kier molecular flexibility index (Phi) is 7.04. The van der Waals surface area contributed by atoms with Crippen molar-refractivity contribution in [1.29, 1.82) is 0 Å². The summed E-state index contributed by atoms with van der Waals surface area (Å²) in [5.74, 6) is 0.607. The monoisotopic (exact) mass is 275 g/mol. The molecule has 0 aromatic rings. The van der Waals surface area contributed by atoms with Gasteiger partial charge in [0.05, 0.1) is 6.61 Å². The minimum atomic E-state index is -0.576. The molecule has 0 aromatic heterocycles. The number of esters is 1. The molecule has 18 heavy (non-hydrogen) atoms. The average molecular weight is 275 g/mol. The van der Waals surface area contributed by atoms with Crippen LogP contribution in [0.5, 0.6) is 0 Å². The zero-order valence-corrected chi connectivity index (χ0v) is 12.5. The van der Waals surface area contributed by atoms with E-state index >= 15 is 0 Å². The third-order valence-electron chi connectivity index (χ3n) is 3.07. The maximum Gasteiger partial charge on any atom is 0.326 e. The Morgan fingerprint density at radius 3 is 2.67 bits per heavy atom. The highest BCUT2D eigenvalue weighted by molar-refractivity contribution is 8.00. The van der Waals surface area contributed by atoms with E-state index in [-0.39, 0.29) is 5.97 Å². The van der Waals surface area contributed by atoms with Gasteiger partial charge in [0.25, 0.3) is 0 Å². The van der Waals surface area contributed by atoms with Crippen LogP contribution < -0.4 is 5.32 Å². The maximum absolute atomic E-state index is 12.0. The summed E-state index contributed by atoms with van der Waals surface area (Å²) in [6.07, 6.45) is 2.16. The van der Waals surface area contributed by atoms with Crippen LogP contribution in [0.25, 0.3) is 0 Å². The highest BCUT2D eigenvalue weighted by Crippen LogP contribution is 2.26. The number of rotatable bonds is 7. The second-order valence-electron chi connectivity index (χ2n) is 4.71. The summed E-state index contributed by atoms with van der Waals surface area (Å²) in [5, 5.41) is 3.86. The smallest absolute Gasteiger partial charge is 0.326 e. The third kappa shape index (κ3) is 4.78. The van der Waals surface area contributed by atoms with Crippen molar-refractivity contribution < 1.29 is 14.3 Å². The lowest BCUT2D eigenvalue weighted by Gasteiger charge is -2.30. The van der Waals surface area contributed by atoms with Crippen molar-refractivity contribution >= 4 is 17.7 Å². The normalized spacial score (nSPS) is 20.4. The zero-order chi connectivity index (χ0) is 13.4. The topological polar surface area (TPSA) is 47.6 Å². The largest absolute Gasteiger partial charge is 0.465 e. The zero-order valence-electron chi connectivity index (χ0n) is 11.7. The van der Waals surface area contributed by atoms with Crippen molar-refractivity contribution in [3.05, 3.63) is 0 Å². The Balaban J connectivity index is 2.47. The molecule has 1 fully saturated rings. The summed E-state index contributed by atoms with van der Waals surface area (Å²) >= 11 is 1.86. The molecule has 0 aliphatic carbocycles. The molecule has 1 aliphatic rings. The van der Waals surface area contributed by atoms with Gasteiger partial charge >= 0.3 is 5.97 Å². The first-order valence-corrected chi connectivity index (χ1v) is 7.79. The van der Waals surface area contributed by atoms with Crippen LogP contribution in [0, 0.1) is 0 Å². The van der Waals surface area contributed by atoms with Crippen LogP contribution in [-0.4, -0.2) is 48.9 Å². The van der Waals surface area contributed by atoms with Gasteiger partial charge in [0.15, 0.2) is 0 Å². The molecular formula is C13H25NO3S. The second-order valence-corrected chi connectivity index (χ2v) is 5.99. The van der Waals surface area contributed by atoms with Crippen LogP contribution in [0.3, 0.4) is 0 Å². The quantitative estimate of drug-likeness (QED) is 0.718. The summed E-state index contributed by atoms with van der Waals surface area (Å²) in [7, 11) is 0. The highest BCUT2D eigenvalue weighted by Gasteiger charge is 2.34. The van der Waals surface area contributed by atoms with Crippen molar-refractivity contribution in [2.45, 2.75) is 44.4 Å². The minimum absolute atomic E-state index is 0.147. The van der Waals surface area contributed by atoms with Gasteiger partial charge in [0, 0.05) is 24.2 Å². The number of carbonyl (C=O) groups excluding carboxylic acids is 1. The summed E-state index contributed by atoms with van der Waals surface area (Å²) in [6, 6.07) is 0. The molecule has 0 amide bonds. The van der Waals surface area contributed by atoms with Gasteiger partial charge in [-0.2, -0.15) is 11.8 Å². The van der Waals surface area contributed by atoms with E-state index in [4.69, 9.17) is 9.47 Å². The van der Waals surface area contributed by atoms with Crippen LogP contribution in [-0.2, 0) is 14.3 Å². The lowest BCUT2D eigenvalue weighted by atomic mass is 10.1. The molecule has 1 atom stereocenters. The Morgan fingerprint density at radius 2 is 2.11 bits per heavy atom. The molecule has 1 heterocycles. The lowest BCUT2D eigenvalue weighted by molar-refractivity contribution is -0.149. The fraction of sp³-hybridized carbons (Fsp3) is 0.923. The summed E-state index contributed by atoms with van der Waals surface area (Å²) in [4.78, 5) is 12.0. The lowest BCUT2D eigenvalue weighted by Crippen LogP contribution is -2.53. The Hall–Kier alpha value is -0.260. The first-order valence-electron chi connectivity index (χ1n) is 6.74. The Morgan fingerprint density at radius 1 is 1.44 bits per heavy atom.